The summed E-state index contributed by atoms with van der Waals surface area (Å²) in [6.07, 6.45) is 1.30. The van der Waals surface area contributed by atoms with Gasteiger partial charge < -0.3 is 10.1 Å². The van der Waals surface area contributed by atoms with Gasteiger partial charge >= 0.3 is 5.69 Å². The molecule has 0 amide bonds. The van der Waals surface area contributed by atoms with E-state index in [0.29, 0.717) is 25.7 Å². The van der Waals surface area contributed by atoms with Gasteiger partial charge in [-0.05, 0) is 5.92 Å². The Labute approximate surface area is 111 Å². The summed E-state index contributed by atoms with van der Waals surface area (Å²) < 4.78 is 5.35. The summed E-state index contributed by atoms with van der Waals surface area (Å²) >= 11 is 0. The molecule has 7 heteroatoms. The van der Waals surface area contributed by atoms with E-state index in [2.05, 4.69) is 10.3 Å². The van der Waals surface area contributed by atoms with Gasteiger partial charge in [-0.3, -0.25) is 10.1 Å². The zero-order chi connectivity index (χ0) is 14.3. The molecular weight excluding hydrogens is 248 g/mol. The number of rotatable bonds is 7. The third-order valence-electron chi connectivity index (χ3n) is 2.18. The van der Waals surface area contributed by atoms with Crippen LogP contribution in [0.15, 0.2) is 12.3 Å². The van der Waals surface area contributed by atoms with E-state index in [1.165, 1.54) is 12.3 Å². The molecule has 0 aliphatic carbocycles. The molecule has 1 rings (SSSR count). The summed E-state index contributed by atoms with van der Waals surface area (Å²) in [5.41, 5.74) is -0.0452. The van der Waals surface area contributed by atoms with E-state index in [4.69, 9.17) is 10.00 Å². The molecule has 102 valence electrons. The van der Waals surface area contributed by atoms with E-state index >= 15 is 0 Å². The molecule has 0 saturated heterocycles. The van der Waals surface area contributed by atoms with E-state index in [1.807, 2.05) is 19.9 Å². The van der Waals surface area contributed by atoms with Gasteiger partial charge in [-0.25, -0.2) is 4.98 Å². The zero-order valence-electron chi connectivity index (χ0n) is 10.9. The Morgan fingerprint density at radius 3 is 2.95 bits per heavy atom. The molecule has 7 nitrogen and oxygen atoms in total. The third-order valence-corrected chi connectivity index (χ3v) is 2.18. The van der Waals surface area contributed by atoms with Crippen LogP contribution >= 0.6 is 0 Å². The van der Waals surface area contributed by atoms with Crippen molar-refractivity contribution in [2.75, 3.05) is 25.1 Å². The van der Waals surface area contributed by atoms with Crippen LogP contribution < -0.4 is 5.32 Å². The van der Waals surface area contributed by atoms with Crippen LogP contribution in [0.4, 0.5) is 11.5 Å². The number of nitrogens with one attached hydrogen (secondary N) is 1. The summed E-state index contributed by atoms with van der Waals surface area (Å²) in [7, 11) is 0. The number of pyridine rings is 1. The predicted molar refractivity (Wildman–Crippen MR) is 69.8 cm³/mol. The molecule has 0 fully saturated rings. The molecule has 0 aliphatic heterocycles. The van der Waals surface area contributed by atoms with Crippen molar-refractivity contribution in [3.8, 4) is 6.07 Å². The second-order valence-electron chi connectivity index (χ2n) is 4.36. The Morgan fingerprint density at radius 2 is 2.37 bits per heavy atom. The molecule has 0 spiro atoms. The highest BCUT2D eigenvalue weighted by molar-refractivity contribution is 5.58. The quantitative estimate of drug-likeness (QED) is 0.459. The molecule has 19 heavy (non-hydrogen) atoms. The van der Waals surface area contributed by atoms with Gasteiger partial charge in [0.05, 0.1) is 17.1 Å². The zero-order valence-corrected chi connectivity index (χ0v) is 10.9. The smallest absolute Gasteiger partial charge is 0.312 e. The minimum atomic E-state index is -0.564. The van der Waals surface area contributed by atoms with Gasteiger partial charge in [0.15, 0.2) is 0 Å². The lowest BCUT2D eigenvalue weighted by Gasteiger charge is -2.08. The monoisotopic (exact) mass is 264 g/mol. The molecule has 0 bridgehead atoms. The van der Waals surface area contributed by atoms with E-state index in [0.717, 1.165) is 0 Å². The highest BCUT2D eigenvalue weighted by atomic mass is 16.6. The van der Waals surface area contributed by atoms with Crippen LogP contribution in [-0.2, 0) is 4.74 Å². The Morgan fingerprint density at radius 1 is 1.63 bits per heavy atom. The third kappa shape index (κ3) is 4.89. The summed E-state index contributed by atoms with van der Waals surface area (Å²) in [6, 6.07) is 3.02. The Hall–Kier alpha value is -2.20. The maximum absolute atomic E-state index is 10.9. The molecule has 1 aromatic rings. The van der Waals surface area contributed by atoms with Crippen LogP contribution in [0.1, 0.15) is 19.4 Å². The largest absolute Gasteiger partial charge is 0.379 e. The van der Waals surface area contributed by atoms with Crippen LogP contribution in [-0.4, -0.2) is 29.7 Å². The molecule has 0 unspecified atom stereocenters. The fraction of sp³-hybridized carbons (Fsp3) is 0.500. The molecular formula is C12H16N4O3. The predicted octanol–water partition coefficient (Wildman–Crippen LogP) is 1.95. The number of anilines is 1. The average molecular weight is 264 g/mol. The number of nitriles is 1. The van der Waals surface area contributed by atoms with Gasteiger partial charge in [0, 0.05) is 25.4 Å². The Kier molecular flexibility index (Phi) is 5.70. The van der Waals surface area contributed by atoms with Gasteiger partial charge in [0.25, 0.3) is 0 Å². The molecule has 1 aromatic heterocycles. The molecule has 0 aromatic carbocycles. The van der Waals surface area contributed by atoms with E-state index in [9.17, 15) is 10.1 Å². The molecule has 0 atom stereocenters. The average Bonchev–Trinajstić information content (AvgIpc) is 2.38. The SMILES string of the molecule is CC(C)COCCNc1ncc(C#N)cc1[N+](=O)[O-]. The first-order chi connectivity index (χ1) is 9.04. The van der Waals surface area contributed by atoms with Crippen molar-refractivity contribution in [3.63, 3.8) is 0 Å². The van der Waals surface area contributed by atoms with Crippen molar-refractivity contribution < 1.29 is 9.66 Å². The summed E-state index contributed by atoms with van der Waals surface area (Å²) in [6.45, 7) is 5.59. The van der Waals surface area contributed by atoms with E-state index in [1.54, 1.807) is 0 Å². The van der Waals surface area contributed by atoms with Gasteiger partial charge in [-0.15, -0.1) is 0 Å². The molecule has 0 saturated carbocycles. The van der Waals surface area contributed by atoms with E-state index < -0.39 is 4.92 Å². The van der Waals surface area contributed by atoms with Gasteiger partial charge in [-0.2, -0.15) is 5.26 Å². The van der Waals surface area contributed by atoms with E-state index in [-0.39, 0.29) is 17.1 Å². The van der Waals surface area contributed by atoms with Crippen molar-refractivity contribution in [2.45, 2.75) is 13.8 Å². The topological polar surface area (TPSA) is 101 Å². The van der Waals surface area contributed by atoms with Gasteiger partial charge in [-0.1, -0.05) is 13.8 Å². The highest BCUT2D eigenvalue weighted by Crippen LogP contribution is 2.22. The maximum atomic E-state index is 10.9. The number of hydrogen-bond acceptors (Lipinski definition) is 6. The standard InChI is InChI=1S/C12H16N4O3/c1-9(2)8-19-4-3-14-12-11(16(17)18)5-10(6-13)7-15-12/h5,7,9H,3-4,8H2,1-2H3,(H,14,15). The number of hydrogen-bond donors (Lipinski definition) is 1. The number of nitrogens with zero attached hydrogens (tertiary/aromatic N) is 3. The highest BCUT2D eigenvalue weighted by Gasteiger charge is 2.15. The molecule has 0 aliphatic rings. The minimum Gasteiger partial charge on any atom is -0.379 e. The summed E-state index contributed by atoms with van der Waals surface area (Å²) in [5.74, 6) is 0.597. The fourth-order valence-corrected chi connectivity index (χ4v) is 1.35. The van der Waals surface area contributed by atoms with Crippen LogP contribution in [0.25, 0.3) is 0 Å². The van der Waals surface area contributed by atoms with Gasteiger partial charge in [0.1, 0.15) is 6.07 Å². The lowest BCUT2D eigenvalue weighted by atomic mass is 10.2. The maximum Gasteiger partial charge on any atom is 0.312 e. The minimum absolute atomic E-state index is 0.150. The lowest BCUT2D eigenvalue weighted by Crippen LogP contribution is -2.13. The number of aromatic nitrogens is 1. The van der Waals surface area contributed by atoms with Gasteiger partial charge in [0.2, 0.25) is 5.82 Å². The second-order valence-corrected chi connectivity index (χ2v) is 4.36. The van der Waals surface area contributed by atoms with Crippen molar-refractivity contribution in [3.05, 3.63) is 27.9 Å². The second kappa shape index (κ2) is 7.28. The Bertz CT molecular complexity index is 482. The van der Waals surface area contributed by atoms with Crippen molar-refractivity contribution in [1.82, 2.24) is 4.98 Å². The molecule has 1 N–H and O–H groups in total. The molecule has 1 heterocycles. The fourth-order valence-electron chi connectivity index (χ4n) is 1.35. The first-order valence-corrected chi connectivity index (χ1v) is 5.90. The normalized spacial score (nSPS) is 10.2. The first-order valence-electron chi connectivity index (χ1n) is 5.90. The van der Waals surface area contributed by atoms with Crippen molar-refractivity contribution in [1.29, 1.82) is 5.26 Å². The first kappa shape index (κ1) is 14.9. The number of ether oxygens (including phenoxy) is 1. The van der Waals surface area contributed by atoms with Crippen molar-refractivity contribution in [2.24, 2.45) is 5.92 Å². The van der Waals surface area contributed by atoms with Crippen molar-refractivity contribution >= 4 is 11.5 Å². The van der Waals surface area contributed by atoms with Crippen LogP contribution in [0.3, 0.4) is 0 Å². The number of nitro groups is 1. The summed E-state index contributed by atoms with van der Waals surface area (Å²) in [4.78, 5) is 14.2. The van der Waals surface area contributed by atoms with Crippen LogP contribution in [0.2, 0.25) is 0 Å². The Balaban J connectivity index is 2.58. The lowest BCUT2D eigenvalue weighted by molar-refractivity contribution is -0.384. The molecule has 0 radical (unpaired) electrons. The van der Waals surface area contributed by atoms with Crippen LogP contribution in [0, 0.1) is 27.4 Å². The van der Waals surface area contributed by atoms with Crippen LogP contribution in [0.5, 0.6) is 0 Å². The summed E-state index contributed by atoms with van der Waals surface area (Å²) in [5, 5.41) is 22.4.